The average molecular weight is 311 g/mol. The van der Waals surface area contributed by atoms with E-state index in [0.717, 1.165) is 0 Å². The summed E-state index contributed by atoms with van der Waals surface area (Å²) in [5.74, 6) is 0. The minimum Gasteiger partial charge on any atom is -0.381 e. The standard InChI is InChI=1S/C15H23BrN2/c1-11(2)18-8-6-13(7-9-18)17-15-5-4-12(3)10-14(15)16/h4-5,10-11,13,17H,6-9H2,1-3H3. The second kappa shape index (κ2) is 6.07. The van der Waals surface area contributed by atoms with Crippen molar-refractivity contribution in [2.24, 2.45) is 0 Å². The van der Waals surface area contributed by atoms with Crippen LogP contribution in [-0.4, -0.2) is 30.1 Å². The SMILES string of the molecule is Cc1ccc(NC2CCN(C(C)C)CC2)c(Br)c1. The van der Waals surface area contributed by atoms with Crippen molar-refractivity contribution in [3.63, 3.8) is 0 Å². The average Bonchev–Trinajstić information content (AvgIpc) is 2.33. The number of nitrogens with zero attached hydrogens (tertiary/aromatic N) is 1. The van der Waals surface area contributed by atoms with Crippen molar-refractivity contribution in [3.8, 4) is 0 Å². The summed E-state index contributed by atoms with van der Waals surface area (Å²) in [6, 6.07) is 7.80. The van der Waals surface area contributed by atoms with E-state index in [2.05, 4.69) is 65.1 Å². The summed E-state index contributed by atoms with van der Waals surface area (Å²) in [7, 11) is 0. The number of anilines is 1. The van der Waals surface area contributed by atoms with Crippen LogP contribution >= 0.6 is 15.9 Å². The quantitative estimate of drug-likeness (QED) is 0.906. The molecule has 0 bridgehead atoms. The Morgan fingerprint density at radius 2 is 1.94 bits per heavy atom. The van der Waals surface area contributed by atoms with Gasteiger partial charge in [-0.15, -0.1) is 0 Å². The molecule has 100 valence electrons. The van der Waals surface area contributed by atoms with E-state index in [-0.39, 0.29) is 0 Å². The first-order chi connectivity index (χ1) is 8.56. The summed E-state index contributed by atoms with van der Waals surface area (Å²) in [4.78, 5) is 2.56. The van der Waals surface area contributed by atoms with Gasteiger partial charge in [-0.05, 0) is 67.2 Å². The zero-order valence-electron chi connectivity index (χ0n) is 11.5. The first-order valence-corrected chi connectivity index (χ1v) is 7.62. The van der Waals surface area contributed by atoms with Crippen LogP contribution in [0.4, 0.5) is 5.69 Å². The molecular weight excluding hydrogens is 288 g/mol. The van der Waals surface area contributed by atoms with Gasteiger partial charge in [-0.2, -0.15) is 0 Å². The Morgan fingerprint density at radius 3 is 2.50 bits per heavy atom. The highest BCUT2D eigenvalue weighted by atomic mass is 79.9. The molecule has 0 radical (unpaired) electrons. The van der Waals surface area contributed by atoms with Crippen LogP contribution in [0.15, 0.2) is 22.7 Å². The van der Waals surface area contributed by atoms with E-state index in [0.29, 0.717) is 12.1 Å². The molecule has 0 unspecified atom stereocenters. The molecule has 0 spiro atoms. The highest BCUT2D eigenvalue weighted by molar-refractivity contribution is 9.10. The largest absolute Gasteiger partial charge is 0.381 e. The fraction of sp³-hybridized carbons (Fsp3) is 0.600. The number of hydrogen-bond donors (Lipinski definition) is 1. The molecule has 1 fully saturated rings. The Kier molecular flexibility index (Phi) is 4.68. The summed E-state index contributed by atoms with van der Waals surface area (Å²) in [5.41, 5.74) is 2.52. The van der Waals surface area contributed by atoms with Gasteiger partial charge in [0.25, 0.3) is 0 Å². The van der Waals surface area contributed by atoms with Gasteiger partial charge < -0.3 is 10.2 Å². The highest BCUT2D eigenvalue weighted by Gasteiger charge is 2.20. The first kappa shape index (κ1) is 13.9. The van der Waals surface area contributed by atoms with Gasteiger partial charge in [-0.1, -0.05) is 6.07 Å². The molecular formula is C15H23BrN2. The van der Waals surface area contributed by atoms with Gasteiger partial charge in [0.2, 0.25) is 0 Å². The van der Waals surface area contributed by atoms with Crippen molar-refractivity contribution >= 4 is 21.6 Å². The summed E-state index contributed by atoms with van der Waals surface area (Å²) in [5, 5.41) is 3.66. The summed E-state index contributed by atoms with van der Waals surface area (Å²) >= 11 is 3.64. The Bertz CT molecular complexity index is 395. The first-order valence-electron chi connectivity index (χ1n) is 6.83. The predicted molar refractivity (Wildman–Crippen MR) is 82.2 cm³/mol. The fourth-order valence-electron chi connectivity index (χ4n) is 2.52. The van der Waals surface area contributed by atoms with Crippen molar-refractivity contribution in [1.29, 1.82) is 0 Å². The number of likely N-dealkylation sites (tertiary alicyclic amines) is 1. The molecule has 1 aliphatic heterocycles. The van der Waals surface area contributed by atoms with Crippen LogP contribution < -0.4 is 5.32 Å². The Hall–Kier alpha value is -0.540. The van der Waals surface area contributed by atoms with Crippen molar-refractivity contribution in [2.75, 3.05) is 18.4 Å². The number of aryl methyl sites for hydroxylation is 1. The Morgan fingerprint density at radius 1 is 1.28 bits per heavy atom. The molecule has 1 N–H and O–H groups in total. The van der Waals surface area contributed by atoms with Crippen LogP contribution in [0.5, 0.6) is 0 Å². The molecule has 1 heterocycles. The zero-order valence-corrected chi connectivity index (χ0v) is 13.1. The maximum atomic E-state index is 3.66. The van der Waals surface area contributed by atoms with E-state index in [4.69, 9.17) is 0 Å². The zero-order chi connectivity index (χ0) is 13.1. The fourth-order valence-corrected chi connectivity index (χ4v) is 3.13. The van der Waals surface area contributed by atoms with E-state index < -0.39 is 0 Å². The van der Waals surface area contributed by atoms with Gasteiger partial charge in [0.05, 0.1) is 0 Å². The Balaban J connectivity index is 1.91. The van der Waals surface area contributed by atoms with Crippen LogP contribution in [0.25, 0.3) is 0 Å². The second-order valence-electron chi connectivity index (χ2n) is 5.53. The van der Waals surface area contributed by atoms with Crippen LogP contribution in [0, 0.1) is 6.92 Å². The van der Waals surface area contributed by atoms with Crippen molar-refractivity contribution in [3.05, 3.63) is 28.2 Å². The van der Waals surface area contributed by atoms with E-state index in [9.17, 15) is 0 Å². The number of halogens is 1. The highest BCUT2D eigenvalue weighted by Crippen LogP contribution is 2.26. The van der Waals surface area contributed by atoms with Crippen molar-refractivity contribution < 1.29 is 0 Å². The molecule has 2 nitrogen and oxygen atoms in total. The molecule has 0 saturated carbocycles. The van der Waals surface area contributed by atoms with Crippen molar-refractivity contribution in [2.45, 2.75) is 45.7 Å². The number of benzene rings is 1. The third-order valence-corrected chi connectivity index (χ3v) is 4.40. The van der Waals surface area contributed by atoms with E-state index in [1.807, 2.05) is 0 Å². The van der Waals surface area contributed by atoms with Gasteiger partial charge >= 0.3 is 0 Å². The summed E-state index contributed by atoms with van der Waals surface area (Å²) < 4.78 is 1.17. The normalized spacial score (nSPS) is 18.3. The smallest absolute Gasteiger partial charge is 0.0486 e. The van der Waals surface area contributed by atoms with Gasteiger partial charge in [0.15, 0.2) is 0 Å². The lowest BCUT2D eigenvalue weighted by molar-refractivity contribution is 0.177. The number of piperidine rings is 1. The van der Waals surface area contributed by atoms with E-state index in [1.54, 1.807) is 0 Å². The molecule has 1 saturated heterocycles. The Labute approximate surface area is 119 Å². The third-order valence-electron chi connectivity index (χ3n) is 3.74. The van der Waals surface area contributed by atoms with Gasteiger partial charge in [-0.3, -0.25) is 0 Å². The lowest BCUT2D eigenvalue weighted by Gasteiger charge is -2.35. The monoisotopic (exact) mass is 310 g/mol. The predicted octanol–water partition coefficient (Wildman–Crippen LogP) is 4.04. The lowest BCUT2D eigenvalue weighted by Crippen LogP contribution is -2.42. The summed E-state index contributed by atoms with van der Waals surface area (Å²) in [6.45, 7) is 9.10. The molecule has 1 aromatic rings. The van der Waals surface area contributed by atoms with Crippen LogP contribution in [-0.2, 0) is 0 Å². The van der Waals surface area contributed by atoms with Crippen LogP contribution in [0.2, 0.25) is 0 Å². The maximum absolute atomic E-state index is 3.66. The number of nitrogens with one attached hydrogen (secondary N) is 1. The van der Waals surface area contributed by atoms with E-state index >= 15 is 0 Å². The maximum Gasteiger partial charge on any atom is 0.0486 e. The van der Waals surface area contributed by atoms with Crippen molar-refractivity contribution in [1.82, 2.24) is 4.90 Å². The van der Waals surface area contributed by atoms with Gasteiger partial charge in [0.1, 0.15) is 0 Å². The molecule has 2 rings (SSSR count). The summed E-state index contributed by atoms with van der Waals surface area (Å²) in [6.07, 6.45) is 2.47. The number of rotatable bonds is 3. The van der Waals surface area contributed by atoms with Crippen LogP contribution in [0.1, 0.15) is 32.3 Å². The van der Waals surface area contributed by atoms with Gasteiger partial charge in [0, 0.05) is 35.3 Å². The molecule has 1 aromatic carbocycles. The third kappa shape index (κ3) is 3.48. The molecule has 0 aromatic heterocycles. The molecule has 1 aliphatic rings. The number of hydrogen-bond acceptors (Lipinski definition) is 2. The lowest BCUT2D eigenvalue weighted by atomic mass is 10.0. The molecule has 0 atom stereocenters. The minimum absolute atomic E-state index is 0.610. The minimum atomic E-state index is 0.610. The molecule has 18 heavy (non-hydrogen) atoms. The molecule has 3 heteroatoms. The topological polar surface area (TPSA) is 15.3 Å². The molecule has 0 aliphatic carbocycles. The molecule has 0 amide bonds. The van der Waals surface area contributed by atoms with Crippen LogP contribution in [0.3, 0.4) is 0 Å². The van der Waals surface area contributed by atoms with Gasteiger partial charge in [-0.25, -0.2) is 0 Å². The van der Waals surface area contributed by atoms with E-state index in [1.165, 1.54) is 41.7 Å². The second-order valence-corrected chi connectivity index (χ2v) is 6.39.